The Morgan fingerprint density at radius 3 is 2.53 bits per heavy atom. The highest BCUT2D eigenvalue weighted by Gasteiger charge is 2.61. The van der Waals surface area contributed by atoms with Crippen molar-refractivity contribution in [3.63, 3.8) is 0 Å². The molecule has 8 heteroatoms. The molecule has 8 nitrogen and oxygen atoms in total. The predicted octanol–water partition coefficient (Wildman–Crippen LogP) is 1.15. The number of carbonyl (C=O) groups is 4. The Morgan fingerprint density at radius 1 is 1.19 bits per heavy atom. The molecule has 4 rings (SSSR count). The molecule has 0 unspecified atom stereocenters. The molecular formula is C24H29N3O5. The molecular weight excluding hydrogens is 410 g/mol. The Balaban J connectivity index is 1.64. The van der Waals surface area contributed by atoms with Crippen molar-refractivity contribution in [3.8, 4) is 0 Å². The summed E-state index contributed by atoms with van der Waals surface area (Å²) in [6.45, 7) is 4.63. The van der Waals surface area contributed by atoms with Crippen molar-refractivity contribution < 1.29 is 23.9 Å². The van der Waals surface area contributed by atoms with E-state index in [0.29, 0.717) is 45.2 Å². The molecule has 3 aliphatic rings. The Labute approximate surface area is 187 Å². The van der Waals surface area contributed by atoms with Gasteiger partial charge in [-0.15, -0.1) is 0 Å². The smallest absolute Gasteiger partial charge is 0.328 e. The molecule has 2 aliphatic heterocycles. The number of esters is 1. The minimum absolute atomic E-state index is 0.193. The second kappa shape index (κ2) is 8.76. The summed E-state index contributed by atoms with van der Waals surface area (Å²) in [5.41, 5.74) is 0.0628. The van der Waals surface area contributed by atoms with Crippen molar-refractivity contribution in [3.05, 3.63) is 48.6 Å². The SMILES string of the molecule is C=CC(=O)N1CCN([C@@H](Cc2ccccc2)C(=O)N2CCC[C@H]2C(=O)OC)C(=O)C12CC2. The zero-order valence-corrected chi connectivity index (χ0v) is 18.4. The van der Waals surface area contributed by atoms with Crippen LogP contribution in [0.3, 0.4) is 0 Å². The maximum atomic E-state index is 13.8. The van der Waals surface area contributed by atoms with Crippen molar-refractivity contribution in [1.29, 1.82) is 0 Å². The van der Waals surface area contributed by atoms with E-state index < -0.39 is 23.6 Å². The van der Waals surface area contributed by atoms with E-state index in [-0.39, 0.29) is 24.3 Å². The fraction of sp³-hybridized carbons (Fsp3) is 0.500. The van der Waals surface area contributed by atoms with Gasteiger partial charge in [0, 0.05) is 26.1 Å². The zero-order chi connectivity index (χ0) is 22.9. The Morgan fingerprint density at radius 2 is 1.91 bits per heavy atom. The van der Waals surface area contributed by atoms with Gasteiger partial charge in [0.2, 0.25) is 17.7 Å². The number of hydrogen-bond donors (Lipinski definition) is 0. The van der Waals surface area contributed by atoms with Gasteiger partial charge in [0.1, 0.15) is 17.6 Å². The molecule has 0 radical (unpaired) electrons. The van der Waals surface area contributed by atoms with Crippen LogP contribution in [-0.2, 0) is 30.3 Å². The first-order valence-corrected chi connectivity index (χ1v) is 11.1. The lowest BCUT2D eigenvalue weighted by Gasteiger charge is -2.44. The van der Waals surface area contributed by atoms with Gasteiger partial charge in [-0.1, -0.05) is 36.9 Å². The number of piperazine rings is 1. The summed E-state index contributed by atoms with van der Waals surface area (Å²) in [6.07, 6.45) is 4.02. The van der Waals surface area contributed by atoms with Crippen LogP contribution in [0.1, 0.15) is 31.2 Å². The third-order valence-electron chi connectivity index (χ3n) is 6.85. The monoisotopic (exact) mass is 439 g/mol. The molecule has 0 bridgehead atoms. The molecule has 0 aromatic heterocycles. The molecule has 0 N–H and O–H groups in total. The van der Waals surface area contributed by atoms with Gasteiger partial charge in [-0.25, -0.2) is 4.79 Å². The summed E-state index contributed by atoms with van der Waals surface area (Å²) < 4.78 is 4.91. The van der Waals surface area contributed by atoms with Crippen LogP contribution in [0.5, 0.6) is 0 Å². The second-order valence-corrected chi connectivity index (χ2v) is 8.64. The maximum absolute atomic E-state index is 13.8. The van der Waals surface area contributed by atoms with Crippen LogP contribution in [0, 0.1) is 0 Å². The summed E-state index contributed by atoms with van der Waals surface area (Å²) in [6, 6.07) is 8.18. The third-order valence-corrected chi connectivity index (χ3v) is 6.85. The largest absolute Gasteiger partial charge is 0.467 e. The molecule has 2 saturated heterocycles. The number of rotatable bonds is 6. The molecule has 1 aromatic rings. The first kappa shape index (κ1) is 22.0. The summed E-state index contributed by atoms with van der Waals surface area (Å²) in [7, 11) is 1.32. The molecule has 3 fully saturated rings. The van der Waals surface area contributed by atoms with Crippen molar-refractivity contribution >= 4 is 23.7 Å². The predicted molar refractivity (Wildman–Crippen MR) is 116 cm³/mol. The van der Waals surface area contributed by atoms with Crippen LogP contribution in [0.2, 0.25) is 0 Å². The minimum atomic E-state index is -0.870. The number of carbonyl (C=O) groups excluding carboxylic acids is 4. The Kier molecular flexibility index (Phi) is 6.04. The van der Waals surface area contributed by atoms with E-state index in [1.807, 2.05) is 30.3 Å². The van der Waals surface area contributed by atoms with E-state index in [1.165, 1.54) is 13.2 Å². The molecule has 2 atom stereocenters. The van der Waals surface area contributed by atoms with Crippen molar-refractivity contribution in [2.24, 2.45) is 0 Å². The lowest BCUT2D eigenvalue weighted by atomic mass is 9.99. The molecule has 1 spiro atoms. The van der Waals surface area contributed by atoms with E-state index in [0.717, 1.165) is 5.56 Å². The average molecular weight is 440 g/mol. The van der Waals surface area contributed by atoms with Crippen LogP contribution >= 0.6 is 0 Å². The van der Waals surface area contributed by atoms with E-state index in [2.05, 4.69) is 6.58 Å². The highest BCUT2D eigenvalue weighted by Crippen LogP contribution is 2.46. The fourth-order valence-corrected chi connectivity index (χ4v) is 5.01. The number of hydrogen-bond acceptors (Lipinski definition) is 5. The number of methoxy groups -OCH3 is 1. The zero-order valence-electron chi connectivity index (χ0n) is 18.4. The van der Waals surface area contributed by atoms with E-state index in [9.17, 15) is 19.2 Å². The van der Waals surface area contributed by atoms with Crippen molar-refractivity contribution in [1.82, 2.24) is 14.7 Å². The standard InChI is InChI=1S/C24H29N3O5/c1-3-20(28)27-15-14-26(23(31)24(27)11-12-24)19(16-17-8-5-4-6-9-17)21(29)25-13-7-10-18(25)22(30)32-2/h3-6,8-9,18-19H,1,7,10-16H2,2H3/t18-,19-/m0/s1. The molecule has 2 heterocycles. The molecule has 32 heavy (non-hydrogen) atoms. The van der Waals surface area contributed by atoms with E-state index in [1.54, 1.807) is 14.7 Å². The highest BCUT2D eigenvalue weighted by atomic mass is 16.5. The molecule has 1 aliphatic carbocycles. The Bertz CT molecular complexity index is 927. The van der Waals surface area contributed by atoms with Gasteiger partial charge in [-0.3, -0.25) is 14.4 Å². The topological polar surface area (TPSA) is 87.2 Å². The average Bonchev–Trinajstić information content (AvgIpc) is 3.45. The van der Waals surface area contributed by atoms with Crippen LogP contribution in [0.15, 0.2) is 43.0 Å². The Hall–Kier alpha value is -3.16. The number of likely N-dealkylation sites (tertiary alicyclic amines) is 1. The quantitative estimate of drug-likeness (QED) is 0.490. The van der Waals surface area contributed by atoms with Crippen LogP contribution in [0.25, 0.3) is 0 Å². The van der Waals surface area contributed by atoms with Gasteiger partial charge in [-0.05, 0) is 37.3 Å². The summed E-state index contributed by atoms with van der Waals surface area (Å²) in [5, 5.41) is 0. The first-order chi connectivity index (χ1) is 15.4. The number of ether oxygens (including phenoxy) is 1. The number of nitrogens with zero attached hydrogens (tertiary/aromatic N) is 3. The lowest BCUT2D eigenvalue weighted by molar-refractivity contribution is -0.160. The van der Waals surface area contributed by atoms with Gasteiger partial charge in [-0.2, -0.15) is 0 Å². The number of amides is 3. The first-order valence-electron chi connectivity index (χ1n) is 11.1. The van der Waals surface area contributed by atoms with Crippen molar-refractivity contribution in [2.75, 3.05) is 26.7 Å². The molecule has 1 aromatic carbocycles. The van der Waals surface area contributed by atoms with Crippen LogP contribution in [-0.4, -0.2) is 82.8 Å². The van der Waals surface area contributed by atoms with Gasteiger partial charge < -0.3 is 19.4 Å². The molecule has 3 amide bonds. The number of benzene rings is 1. The molecule has 170 valence electrons. The van der Waals surface area contributed by atoms with Gasteiger partial charge in [0.25, 0.3) is 0 Å². The second-order valence-electron chi connectivity index (χ2n) is 8.64. The third kappa shape index (κ3) is 3.78. The minimum Gasteiger partial charge on any atom is -0.467 e. The van der Waals surface area contributed by atoms with Gasteiger partial charge >= 0.3 is 5.97 Å². The fourth-order valence-electron chi connectivity index (χ4n) is 5.01. The van der Waals surface area contributed by atoms with Gasteiger partial charge in [0.05, 0.1) is 7.11 Å². The van der Waals surface area contributed by atoms with E-state index >= 15 is 0 Å². The van der Waals surface area contributed by atoms with Crippen LogP contribution < -0.4 is 0 Å². The summed E-state index contributed by atoms with van der Waals surface area (Å²) in [4.78, 5) is 56.7. The van der Waals surface area contributed by atoms with Crippen LogP contribution in [0.4, 0.5) is 0 Å². The lowest BCUT2D eigenvalue weighted by Crippen LogP contribution is -2.65. The summed E-state index contributed by atoms with van der Waals surface area (Å²) >= 11 is 0. The van der Waals surface area contributed by atoms with Crippen molar-refractivity contribution in [2.45, 2.75) is 49.7 Å². The maximum Gasteiger partial charge on any atom is 0.328 e. The normalized spacial score (nSPS) is 22.6. The van der Waals surface area contributed by atoms with E-state index in [4.69, 9.17) is 4.74 Å². The summed E-state index contributed by atoms with van der Waals surface area (Å²) in [5.74, 6) is -1.12. The molecule has 1 saturated carbocycles. The highest BCUT2D eigenvalue weighted by molar-refractivity contribution is 6.00. The van der Waals surface area contributed by atoms with Gasteiger partial charge in [0.15, 0.2) is 0 Å².